The molecule has 1 atom stereocenters. The lowest BCUT2D eigenvalue weighted by Crippen LogP contribution is -2.51. The number of thiazole rings is 1. The van der Waals surface area contributed by atoms with Gasteiger partial charge in [-0.15, -0.1) is 23.1 Å². The van der Waals surface area contributed by atoms with Crippen molar-refractivity contribution in [3.63, 3.8) is 0 Å². The molecule has 2 aliphatic rings. The molecule has 1 saturated heterocycles. The number of fused-ring (bicyclic) bond motifs is 1. The Bertz CT molecular complexity index is 562. The number of thioether (sulfide) groups is 1. The molecular weight excluding hydrogens is 260 g/mol. The Hall–Kier alpha value is -1.60. The number of aliphatic carboxylic acids is 1. The Balaban J connectivity index is 1.87. The predicted molar refractivity (Wildman–Crippen MR) is 64.0 cm³/mol. The molecule has 2 aliphatic heterocycles. The van der Waals surface area contributed by atoms with E-state index in [1.54, 1.807) is 12.3 Å². The smallest absolute Gasteiger partial charge is 0.353 e. The van der Waals surface area contributed by atoms with Crippen molar-refractivity contribution < 1.29 is 14.7 Å². The molecule has 1 amide bonds. The van der Waals surface area contributed by atoms with Gasteiger partial charge < -0.3 is 5.11 Å². The molecule has 0 saturated carbocycles. The minimum Gasteiger partial charge on any atom is -0.477 e. The first-order valence-electron chi connectivity index (χ1n) is 4.72. The van der Waals surface area contributed by atoms with E-state index in [4.69, 9.17) is 5.11 Å². The number of carbonyl (C=O) groups excluding carboxylic acids is 1. The molecule has 3 rings (SSSR count). The fourth-order valence-corrected chi connectivity index (χ4v) is 3.40. The second-order valence-corrected chi connectivity index (χ2v) is 5.32. The lowest BCUT2D eigenvalue weighted by Gasteiger charge is -2.36. The van der Waals surface area contributed by atoms with E-state index in [0.29, 0.717) is 5.57 Å². The molecule has 0 unspecified atom stereocenters. The zero-order valence-corrected chi connectivity index (χ0v) is 9.99. The second-order valence-electron chi connectivity index (χ2n) is 3.44. The summed E-state index contributed by atoms with van der Waals surface area (Å²) in [5.41, 5.74) is 0.665. The van der Waals surface area contributed by atoms with Gasteiger partial charge in [-0.25, -0.2) is 9.78 Å². The molecule has 1 N–H and O–H groups in total. The van der Waals surface area contributed by atoms with Gasteiger partial charge in [-0.2, -0.15) is 0 Å². The summed E-state index contributed by atoms with van der Waals surface area (Å²) in [6, 6.07) is 0. The van der Waals surface area contributed by atoms with E-state index in [2.05, 4.69) is 4.98 Å². The molecule has 3 heterocycles. The molecule has 1 aromatic heterocycles. The molecule has 17 heavy (non-hydrogen) atoms. The molecular formula is C10H6N2O3S2. The largest absolute Gasteiger partial charge is 0.477 e. The van der Waals surface area contributed by atoms with Crippen molar-refractivity contribution in [1.82, 2.24) is 9.88 Å². The summed E-state index contributed by atoms with van der Waals surface area (Å²) in [5, 5.41) is 12.8. The first kappa shape index (κ1) is 10.5. The van der Waals surface area contributed by atoms with Gasteiger partial charge in [0.05, 0.1) is 5.57 Å². The Morgan fingerprint density at radius 2 is 2.41 bits per heavy atom. The van der Waals surface area contributed by atoms with Gasteiger partial charge in [0.2, 0.25) is 0 Å². The molecule has 0 radical (unpaired) electrons. The Labute approximate surface area is 104 Å². The van der Waals surface area contributed by atoms with Crippen LogP contribution >= 0.6 is 23.1 Å². The topological polar surface area (TPSA) is 70.5 Å². The van der Waals surface area contributed by atoms with Crippen LogP contribution < -0.4 is 0 Å². The van der Waals surface area contributed by atoms with Crippen molar-refractivity contribution >= 4 is 41.1 Å². The number of carboxylic acid groups (broad SMARTS) is 1. The highest BCUT2D eigenvalue weighted by atomic mass is 32.2. The molecule has 0 aromatic carbocycles. The van der Waals surface area contributed by atoms with Crippen LogP contribution in [0.3, 0.4) is 0 Å². The van der Waals surface area contributed by atoms with Crippen LogP contribution in [0, 0.1) is 0 Å². The first-order valence-corrected chi connectivity index (χ1v) is 6.54. The highest BCUT2D eigenvalue weighted by Crippen LogP contribution is 2.45. The van der Waals surface area contributed by atoms with E-state index in [1.165, 1.54) is 33.4 Å². The van der Waals surface area contributed by atoms with Crippen LogP contribution in [0.2, 0.25) is 0 Å². The molecule has 7 heteroatoms. The van der Waals surface area contributed by atoms with Gasteiger partial charge in [0.25, 0.3) is 5.91 Å². The number of hydrogen-bond donors (Lipinski definition) is 1. The first-order chi connectivity index (χ1) is 8.18. The van der Waals surface area contributed by atoms with Crippen molar-refractivity contribution in [3.8, 4) is 0 Å². The Morgan fingerprint density at radius 3 is 3.06 bits per heavy atom. The maximum atomic E-state index is 11.8. The van der Waals surface area contributed by atoms with Crippen molar-refractivity contribution in [2.75, 3.05) is 0 Å². The van der Waals surface area contributed by atoms with Gasteiger partial charge in [-0.1, -0.05) is 0 Å². The second kappa shape index (κ2) is 3.71. The summed E-state index contributed by atoms with van der Waals surface area (Å²) in [6.07, 6.45) is 3.39. The minimum atomic E-state index is -1.07. The van der Waals surface area contributed by atoms with E-state index >= 15 is 0 Å². The van der Waals surface area contributed by atoms with Crippen LogP contribution in [0.15, 0.2) is 28.3 Å². The molecule has 1 fully saturated rings. The van der Waals surface area contributed by atoms with Gasteiger partial charge in [0, 0.05) is 17.0 Å². The third kappa shape index (κ3) is 1.50. The molecule has 86 valence electrons. The van der Waals surface area contributed by atoms with Gasteiger partial charge in [-0.05, 0) is 6.08 Å². The van der Waals surface area contributed by atoms with Crippen LogP contribution in [-0.2, 0) is 9.59 Å². The van der Waals surface area contributed by atoms with E-state index in [9.17, 15) is 9.59 Å². The summed E-state index contributed by atoms with van der Waals surface area (Å²) < 4.78 is 0. The van der Waals surface area contributed by atoms with E-state index < -0.39 is 5.97 Å². The van der Waals surface area contributed by atoms with Gasteiger partial charge in [0.1, 0.15) is 16.1 Å². The van der Waals surface area contributed by atoms with Crippen molar-refractivity contribution in [1.29, 1.82) is 0 Å². The number of carbonyl (C=O) groups is 2. The summed E-state index contributed by atoms with van der Waals surface area (Å²) in [5.74, 6) is -1.31. The normalized spacial score (nSPS) is 24.6. The minimum absolute atomic E-state index is 0.0567. The quantitative estimate of drug-likeness (QED) is 0.646. The number of aromatic nitrogens is 1. The van der Waals surface area contributed by atoms with Crippen LogP contribution in [0.4, 0.5) is 0 Å². The number of nitrogens with zero attached hydrogens (tertiary/aromatic N) is 2. The molecule has 5 nitrogen and oxygen atoms in total. The van der Waals surface area contributed by atoms with Gasteiger partial charge in [0.15, 0.2) is 0 Å². The summed E-state index contributed by atoms with van der Waals surface area (Å²) >= 11 is 2.78. The molecule has 0 aliphatic carbocycles. The van der Waals surface area contributed by atoms with Crippen LogP contribution in [0.1, 0.15) is 5.01 Å². The van der Waals surface area contributed by atoms with Crippen molar-refractivity contribution in [3.05, 3.63) is 33.3 Å². The van der Waals surface area contributed by atoms with Crippen LogP contribution in [0.25, 0.3) is 6.08 Å². The fraction of sp³-hybridized carbons (Fsp3) is 0.100. The lowest BCUT2D eigenvalue weighted by atomic mass is 10.1. The zero-order valence-electron chi connectivity index (χ0n) is 8.36. The monoisotopic (exact) mass is 266 g/mol. The summed E-state index contributed by atoms with van der Waals surface area (Å²) in [4.78, 5) is 28.0. The average Bonchev–Trinajstić information content (AvgIpc) is 2.93. The number of rotatable bonds is 2. The highest BCUT2D eigenvalue weighted by Gasteiger charge is 2.49. The predicted octanol–water partition coefficient (Wildman–Crippen LogP) is 1.37. The van der Waals surface area contributed by atoms with E-state index in [0.717, 1.165) is 5.01 Å². The van der Waals surface area contributed by atoms with Crippen molar-refractivity contribution in [2.45, 2.75) is 5.37 Å². The third-order valence-corrected chi connectivity index (χ3v) is 4.29. The maximum Gasteiger partial charge on any atom is 0.353 e. The Morgan fingerprint density at radius 1 is 1.59 bits per heavy atom. The Kier molecular flexibility index (Phi) is 2.30. The number of β-lactam (4-membered cyclic amide) rings is 1. The summed E-state index contributed by atoms with van der Waals surface area (Å²) in [6.45, 7) is 0. The SMILES string of the molecule is O=C(O)C1=CS[C@@H]2/C(=C\c3nccs3)C(=O)N12. The highest BCUT2D eigenvalue weighted by molar-refractivity contribution is 8.03. The van der Waals surface area contributed by atoms with Gasteiger partial charge >= 0.3 is 5.97 Å². The van der Waals surface area contributed by atoms with E-state index in [1.807, 2.05) is 5.38 Å². The zero-order chi connectivity index (χ0) is 12.0. The molecule has 0 bridgehead atoms. The number of carboxylic acids is 1. The maximum absolute atomic E-state index is 11.8. The van der Waals surface area contributed by atoms with Gasteiger partial charge in [-0.3, -0.25) is 9.69 Å². The standard InChI is InChI=1S/C10H6N2O3S2/c13-8-5(3-7-11-1-2-16-7)9-12(8)6(4-17-9)10(14)15/h1-4,9H,(H,14,15)/b5-3-/t9-/m1/s1. The third-order valence-electron chi connectivity index (χ3n) is 2.48. The van der Waals surface area contributed by atoms with Crippen LogP contribution in [0.5, 0.6) is 0 Å². The fourth-order valence-electron chi connectivity index (χ4n) is 1.70. The van der Waals surface area contributed by atoms with E-state index in [-0.39, 0.29) is 17.0 Å². The van der Waals surface area contributed by atoms with Crippen molar-refractivity contribution in [2.24, 2.45) is 0 Å². The number of amides is 1. The lowest BCUT2D eigenvalue weighted by molar-refractivity contribution is -0.141. The molecule has 0 spiro atoms. The molecule has 1 aromatic rings. The average molecular weight is 266 g/mol. The summed E-state index contributed by atoms with van der Waals surface area (Å²) in [7, 11) is 0. The number of hydrogen-bond acceptors (Lipinski definition) is 5. The van der Waals surface area contributed by atoms with Crippen LogP contribution in [-0.4, -0.2) is 32.2 Å².